The van der Waals surface area contributed by atoms with Crippen molar-refractivity contribution in [3.8, 4) is 0 Å². The molecular weight excluding hydrogens is 349 g/mol. The molecule has 3 rings (SSSR count). The lowest BCUT2D eigenvalue weighted by Gasteiger charge is -2.26. The highest BCUT2D eigenvalue weighted by atomic mass is 127. The van der Waals surface area contributed by atoms with Gasteiger partial charge in [-0.1, -0.05) is 25.1 Å². The van der Waals surface area contributed by atoms with Crippen molar-refractivity contribution in [1.29, 1.82) is 0 Å². The maximum atomic E-state index is 3.71. The lowest BCUT2D eigenvalue weighted by molar-refractivity contribution is 0.187. The molecule has 2 atom stereocenters. The van der Waals surface area contributed by atoms with Gasteiger partial charge in [0.25, 0.3) is 0 Å². The van der Waals surface area contributed by atoms with Crippen molar-refractivity contribution in [3.05, 3.63) is 45.2 Å². The fourth-order valence-corrected chi connectivity index (χ4v) is 3.71. The van der Waals surface area contributed by atoms with Gasteiger partial charge in [-0.05, 0) is 52.4 Å². The Kier molecular flexibility index (Phi) is 4.10. The predicted molar refractivity (Wildman–Crippen MR) is 86.5 cm³/mol. The summed E-state index contributed by atoms with van der Waals surface area (Å²) in [6, 6.07) is 9.08. The van der Waals surface area contributed by atoms with Gasteiger partial charge in [0.05, 0.1) is 0 Å². The summed E-state index contributed by atoms with van der Waals surface area (Å²) in [6.45, 7) is 5.53. The lowest BCUT2D eigenvalue weighted by Crippen LogP contribution is -2.39. The third kappa shape index (κ3) is 2.80. The number of hydrogen-bond acceptors (Lipinski definition) is 3. The first-order valence-electron chi connectivity index (χ1n) is 6.95. The van der Waals surface area contributed by atoms with E-state index < -0.39 is 0 Å². The molecule has 1 aromatic carbocycles. The fraction of sp³-hybridized carbons (Fsp3) is 0.467. The molecule has 2 aliphatic rings. The molecule has 0 spiro atoms. The zero-order valence-electron chi connectivity index (χ0n) is 11.2. The molecular formula is C15H20IN3. The van der Waals surface area contributed by atoms with E-state index >= 15 is 0 Å². The second-order valence-corrected chi connectivity index (χ2v) is 6.48. The van der Waals surface area contributed by atoms with Crippen LogP contribution in [0.25, 0.3) is 0 Å². The zero-order valence-corrected chi connectivity index (χ0v) is 13.4. The number of rotatable bonds is 4. The largest absolute Gasteiger partial charge is 0.390 e. The van der Waals surface area contributed by atoms with Crippen molar-refractivity contribution in [2.75, 3.05) is 19.6 Å². The van der Waals surface area contributed by atoms with Gasteiger partial charge in [0, 0.05) is 35.2 Å². The molecule has 2 heterocycles. The van der Waals surface area contributed by atoms with Crippen molar-refractivity contribution in [1.82, 2.24) is 15.8 Å². The molecule has 2 unspecified atom stereocenters. The van der Waals surface area contributed by atoms with Gasteiger partial charge in [-0.15, -0.1) is 0 Å². The first kappa shape index (κ1) is 13.4. The molecule has 0 aliphatic carbocycles. The summed E-state index contributed by atoms with van der Waals surface area (Å²) in [6.07, 6.45) is 3.30. The van der Waals surface area contributed by atoms with E-state index in [0.29, 0.717) is 12.0 Å². The molecule has 102 valence electrons. The smallest absolute Gasteiger partial charge is 0.0472 e. The minimum Gasteiger partial charge on any atom is -0.390 e. The van der Waals surface area contributed by atoms with Gasteiger partial charge in [0.15, 0.2) is 0 Å². The van der Waals surface area contributed by atoms with Crippen LogP contribution >= 0.6 is 22.6 Å². The summed E-state index contributed by atoms with van der Waals surface area (Å²) < 4.78 is 1.35. The Balaban J connectivity index is 1.69. The van der Waals surface area contributed by atoms with Crippen molar-refractivity contribution in [3.63, 3.8) is 0 Å². The van der Waals surface area contributed by atoms with Crippen LogP contribution in [-0.2, 0) is 0 Å². The third-order valence-corrected chi connectivity index (χ3v) is 5.00. The van der Waals surface area contributed by atoms with E-state index in [-0.39, 0.29) is 0 Å². The average Bonchev–Trinajstić information content (AvgIpc) is 2.97. The molecule has 4 heteroatoms. The van der Waals surface area contributed by atoms with E-state index in [4.69, 9.17) is 0 Å². The highest BCUT2D eigenvalue weighted by Crippen LogP contribution is 2.27. The molecule has 1 fully saturated rings. The summed E-state index contributed by atoms with van der Waals surface area (Å²) in [5.74, 6) is 0.708. The molecule has 0 amide bonds. The molecule has 2 N–H and O–H groups in total. The molecule has 3 nitrogen and oxygen atoms in total. The van der Waals surface area contributed by atoms with Gasteiger partial charge in [-0.3, -0.25) is 0 Å². The lowest BCUT2D eigenvalue weighted by atomic mass is 10.1. The number of halogens is 1. The SMILES string of the molecule is CCC(NN1CC2=CNCC2C1)c1ccccc1I. The minimum atomic E-state index is 0.417. The van der Waals surface area contributed by atoms with E-state index in [2.05, 4.69) is 75.7 Å². The van der Waals surface area contributed by atoms with E-state index in [1.54, 1.807) is 5.57 Å². The first-order chi connectivity index (χ1) is 9.28. The van der Waals surface area contributed by atoms with Crippen molar-refractivity contribution >= 4 is 22.6 Å². The number of hydrazine groups is 1. The van der Waals surface area contributed by atoms with Crippen LogP contribution < -0.4 is 10.7 Å². The molecule has 0 bridgehead atoms. The molecule has 19 heavy (non-hydrogen) atoms. The Labute approximate surface area is 128 Å². The van der Waals surface area contributed by atoms with E-state index in [9.17, 15) is 0 Å². The van der Waals surface area contributed by atoms with Crippen LogP contribution in [0.4, 0.5) is 0 Å². The Morgan fingerprint density at radius 1 is 1.47 bits per heavy atom. The first-order valence-corrected chi connectivity index (χ1v) is 8.03. The highest BCUT2D eigenvalue weighted by Gasteiger charge is 2.31. The molecule has 0 aromatic heterocycles. The summed E-state index contributed by atoms with van der Waals surface area (Å²) in [5, 5.41) is 5.72. The van der Waals surface area contributed by atoms with E-state index in [0.717, 1.165) is 26.1 Å². The number of hydrogen-bond donors (Lipinski definition) is 2. The molecule has 1 saturated heterocycles. The number of nitrogens with one attached hydrogen (secondary N) is 2. The van der Waals surface area contributed by atoms with Crippen LogP contribution in [0.15, 0.2) is 36.0 Å². The predicted octanol–water partition coefficient (Wildman–Crippen LogP) is 2.67. The van der Waals surface area contributed by atoms with Gasteiger partial charge < -0.3 is 5.32 Å². The van der Waals surface area contributed by atoms with Gasteiger partial charge in [0.2, 0.25) is 0 Å². The van der Waals surface area contributed by atoms with Crippen molar-refractivity contribution < 1.29 is 0 Å². The topological polar surface area (TPSA) is 27.3 Å². The number of benzene rings is 1. The van der Waals surface area contributed by atoms with Crippen molar-refractivity contribution in [2.24, 2.45) is 5.92 Å². The summed E-state index contributed by atoms with van der Waals surface area (Å²) in [5.41, 5.74) is 6.67. The van der Waals surface area contributed by atoms with Crippen LogP contribution in [0.1, 0.15) is 24.9 Å². The van der Waals surface area contributed by atoms with Gasteiger partial charge >= 0.3 is 0 Å². The van der Waals surface area contributed by atoms with Gasteiger partial charge in [-0.25, -0.2) is 10.4 Å². The standard InChI is InChI=1S/C15H20IN3/c1-2-15(13-5-3-4-6-14(13)16)18-19-9-11-7-17-8-12(11)10-19/h3-7,12,15,17-18H,2,8-10H2,1H3. The Hall–Kier alpha value is -0.590. The maximum absolute atomic E-state index is 3.71. The molecule has 0 radical (unpaired) electrons. The van der Waals surface area contributed by atoms with Crippen LogP contribution in [0.3, 0.4) is 0 Å². The van der Waals surface area contributed by atoms with E-state index in [1.807, 2.05) is 0 Å². The van der Waals surface area contributed by atoms with Crippen LogP contribution in [-0.4, -0.2) is 24.6 Å². The van der Waals surface area contributed by atoms with Gasteiger partial charge in [-0.2, -0.15) is 0 Å². The Bertz CT molecular complexity index is 486. The monoisotopic (exact) mass is 369 g/mol. The molecule has 2 aliphatic heterocycles. The number of fused-ring (bicyclic) bond motifs is 1. The highest BCUT2D eigenvalue weighted by molar-refractivity contribution is 14.1. The summed E-state index contributed by atoms with van der Waals surface area (Å²) >= 11 is 2.43. The Morgan fingerprint density at radius 2 is 2.32 bits per heavy atom. The van der Waals surface area contributed by atoms with Crippen LogP contribution in [0.5, 0.6) is 0 Å². The maximum Gasteiger partial charge on any atom is 0.0472 e. The fourth-order valence-electron chi connectivity index (χ4n) is 2.95. The van der Waals surface area contributed by atoms with Crippen molar-refractivity contribution in [2.45, 2.75) is 19.4 Å². The normalized spacial score (nSPS) is 23.9. The second-order valence-electron chi connectivity index (χ2n) is 5.32. The third-order valence-electron chi connectivity index (χ3n) is 4.02. The second kappa shape index (κ2) is 5.81. The average molecular weight is 369 g/mol. The quantitative estimate of drug-likeness (QED) is 0.800. The number of nitrogens with zero attached hydrogens (tertiary/aromatic N) is 1. The summed E-state index contributed by atoms with van der Waals surface area (Å²) in [7, 11) is 0. The Morgan fingerprint density at radius 3 is 3.05 bits per heavy atom. The minimum absolute atomic E-state index is 0.417. The van der Waals surface area contributed by atoms with Crippen LogP contribution in [0.2, 0.25) is 0 Å². The van der Waals surface area contributed by atoms with E-state index in [1.165, 1.54) is 9.13 Å². The molecule has 1 aromatic rings. The van der Waals surface area contributed by atoms with Crippen LogP contribution in [0, 0.1) is 9.49 Å². The summed E-state index contributed by atoms with van der Waals surface area (Å²) in [4.78, 5) is 0. The van der Waals surface area contributed by atoms with Gasteiger partial charge in [0.1, 0.15) is 0 Å². The zero-order chi connectivity index (χ0) is 13.2. The molecule has 0 saturated carbocycles.